The van der Waals surface area contributed by atoms with Gasteiger partial charge >= 0.3 is 5.97 Å². The number of anilines is 2. The number of rotatable bonds is 20. The molecular weight excluding hydrogens is 612 g/mol. The second-order valence-corrected chi connectivity index (χ2v) is 12.7. The van der Waals surface area contributed by atoms with E-state index in [2.05, 4.69) is 43.0 Å². The number of aromatic nitrogens is 4. The number of hydrogen-bond donors (Lipinski definition) is 6. The second kappa shape index (κ2) is 19.8. The van der Waals surface area contributed by atoms with Crippen LogP contribution in [0.1, 0.15) is 93.6 Å². The molecule has 7 N–H and O–H groups in total. The Labute approximate surface area is 283 Å². The lowest BCUT2D eigenvalue weighted by atomic mass is 9.95. The van der Waals surface area contributed by atoms with E-state index in [0.717, 1.165) is 56.6 Å². The fraction of sp³-hybridized carbons (Fsp3) is 0.647. The Morgan fingerprint density at radius 1 is 1.06 bits per heavy atom. The van der Waals surface area contributed by atoms with Crippen molar-refractivity contribution in [2.45, 2.75) is 109 Å². The average Bonchev–Trinajstić information content (AvgIpc) is 3.55. The van der Waals surface area contributed by atoms with Gasteiger partial charge < -0.3 is 41.5 Å². The van der Waals surface area contributed by atoms with Crippen molar-refractivity contribution in [2.75, 3.05) is 43.4 Å². The largest absolute Gasteiger partial charge is 0.480 e. The first-order valence-electron chi connectivity index (χ1n) is 17.5. The first-order chi connectivity index (χ1) is 23.3. The number of aliphatic carboxylic acids is 1. The number of nitrogens with two attached hydrogens (primary N) is 1. The van der Waals surface area contributed by atoms with Gasteiger partial charge in [0.25, 0.3) is 0 Å². The first kappa shape index (κ1) is 36.9. The van der Waals surface area contributed by atoms with Crippen molar-refractivity contribution in [2.24, 2.45) is 5.73 Å². The molecule has 1 saturated heterocycles. The standard InChI is InChI=1S/C34H54N10O4/c1-3-4-12-27-24(2)39-34(42-32(27)40-26-16-21-44(22-17-26)31(45)15-14-28(35)33(46)47)38-23-29-41-30(48-43-29)13-8-18-36-19-9-20-37-25-10-6-5-7-11-25/h3-4,12,25-26,28,36-37H,1,5-11,13-23,35H2,2H3,(H,46,47)(H2,38,39,40,42)/b12-4-/t28-/m0/s1. The average molecular weight is 667 g/mol. The Morgan fingerprint density at radius 3 is 2.58 bits per heavy atom. The van der Waals surface area contributed by atoms with Crippen molar-refractivity contribution in [1.29, 1.82) is 0 Å². The van der Waals surface area contributed by atoms with Crippen LogP contribution in [0.3, 0.4) is 0 Å². The molecule has 264 valence electrons. The van der Waals surface area contributed by atoms with E-state index in [4.69, 9.17) is 20.3 Å². The quantitative estimate of drug-likeness (QED) is 0.0889. The molecule has 1 amide bonds. The predicted molar refractivity (Wildman–Crippen MR) is 186 cm³/mol. The van der Waals surface area contributed by atoms with E-state index in [1.54, 1.807) is 11.0 Å². The molecular formula is C34H54N10O4. The van der Waals surface area contributed by atoms with Crippen molar-refractivity contribution in [3.8, 4) is 0 Å². The van der Waals surface area contributed by atoms with Gasteiger partial charge in [0, 0.05) is 43.6 Å². The monoisotopic (exact) mass is 666 g/mol. The maximum Gasteiger partial charge on any atom is 0.320 e. The zero-order valence-corrected chi connectivity index (χ0v) is 28.4. The Morgan fingerprint density at radius 2 is 1.83 bits per heavy atom. The van der Waals surface area contributed by atoms with Crippen LogP contribution in [0.15, 0.2) is 23.3 Å². The molecule has 3 heterocycles. The summed E-state index contributed by atoms with van der Waals surface area (Å²) in [6.45, 7) is 10.2. The topological polar surface area (TPSA) is 196 Å². The zero-order valence-electron chi connectivity index (χ0n) is 28.4. The molecule has 0 radical (unpaired) electrons. The third-order valence-corrected chi connectivity index (χ3v) is 8.94. The minimum Gasteiger partial charge on any atom is -0.480 e. The number of nitrogens with one attached hydrogen (secondary N) is 4. The number of carboxylic acid groups (broad SMARTS) is 1. The van der Waals surface area contributed by atoms with Crippen LogP contribution in [0, 0.1) is 6.92 Å². The molecule has 0 bridgehead atoms. The highest BCUT2D eigenvalue weighted by atomic mass is 16.5. The van der Waals surface area contributed by atoms with E-state index in [0.29, 0.717) is 55.6 Å². The molecule has 4 rings (SSSR count). The summed E-state index contributed by atoms with van der Waals surface area (Å²) in [7, 11) is 0. The van der Waals surface area contributed by atoms with Crippen LogP contribution in [0.25, 0.3) is 6.08 Å². The van der Waals surface area contributed by atoms with Crippen LogP contribution in [0.2, 0.25) is 0 Å². The van der Waals surface area contributed by atoms with E-state index in [9.17, 15) is 9.59 Å². The number of carboxylic acids is 1. The van der Waals surface area contributed by atoms with Crippen LogP contribution in [0.5, 0.6) is 0 Å². The van der Waals surface area contributed by atoms with Crippen LogP contribution >= 0.6 is 0 Å². The van der Waals surface area contributed by atoms with E-state index >= 15 is 0 Å². The molecule has 14 heteroatoms. The molecule has 1 saturated carbocycles. The fourth-order valence-corrected chi connectivity index (χ4v) is 6.10. The highest BCUT2D eigenvalue weighted by molar-refractivity contribution is 5.78. The van der Waals surface area contributed by atoms with Gasteiger partial charge in [0.05, 0.1) is 12.2 Å². The number of carbonyl (C=O) groups is 2. The fourth-order valence-electron chi connectivity index (χ4n) is 6.10. The van der Waals surface area contributed by atoms with Gasteiger partial charge in [-0.3, -0.25) is 9.59 Å². The highest BCUT2D eigenvalue weighted by Gasteiger charge is 2.25. The van der Waals surface area contributed by atoms with Crippen molar-refractivity contribution in [3.05, 3.63) is 41.7 Å². The van der Waals surface area contributed by atoms with Gasteiger partial charge in [0.2, 0.25) is 17.7 Å². The van der Waals surface area contributed by atoms with E-state index < -0.39 is 12.0 Å². The Kier molecular flexibility index (Phi) is 15.3. The molecule has 2 aliphatic rings. The normalized spacial score (nSPS) is 16.7. The number of likely N-dealkylation sites (tertiary alicyclic amines) is 1. The second-order valence-electron chi connectivity index (χ2n) is 12.7. The van der Waals surface area contributed by atoms with Gasteiger partial charge in [0.15, 0.2) is 5.82 Å². The minimum atomic E-state index is -1.09. The molecule has 1 atom stereocenters. The third-order valence-electron chi connectivity index (χ3n) is 8.94. The smallest absolute Gasteiger partial charge is 0.320 e. The summed E-state index contributed by atoms with van der Waals surface area (Å²) in [5, 5.41) is 27.1. The van der Waals surface area contributed by atoms with Crippen molar-refractivity contribution < 1.29 is 19.2 Å². The van der Waals surface area contributed by atoms with Crippen LogP contribution in [-0.2, 0) is 22.6 Å². The van der Waals surface area contributed by atoms with E-state index in [-0.39, 0.29) is 24.8 Å². The van der Waals surface area contributed by atoms with E-state index in [1.165, 1.54) is 32.1 Å². The summed E-state index contributed by atoms with van der Waals surface area (Å²) in [6.07, 6.45) is 16.7. The summed E-state index contributed by atoms with van der Waals surface area (Å²) in [5.74, 6) is 1.13. The predicted octanol–water partition coefficient (Wildman–Crippen LogP) is 3.41. The van der Waals surface area contributed by atoms with Gasteiger partial charge in [-0.25, -0.2) is 4.98 Å². The lowest BCUT2D eigenvalue weighted by Crippen LogP contribution is -2.43. The summed E-state index contributed by atoms with van der Waals surface area (Å²) in [5.41, 5.74) is 7.21. The summed E-state index contributed by atoms with van der Waals surface area (Å²) in [6, 6.07) is -0.212. The van der Waals surface area contributed by atoms with E-state index in [1.807, 2.05) is 19.1 Å². The zero-order chi connectivity index (χ0) is 34.1. The maximum atomic E-state index is 12.6. The molecule has 2 aromatic rings. The summed E-state index contributed by atoms with van der Waals surface area (Å²) < 4.78 is 5.47. The molecule has 0 unspecified atom stereocenters. The van der Waals surface area contributed by atoms with Gasteiger partial charge in [-0.1, -0.05) is 43.2 Å². The summed E-state index contributed by atoms with van der Waals surface area (Å²) in [4.78, 5) is 39.3. The first-order valence-corrected chi connectivity index (χ1v) is 17.5. The van der Waals surface area contributed by atoms with Crippen molar-refractivity contribution in [1.82, 2.24) is 35.6 Å². The minimum absolute atomic E-state index is 0.0709. The van der Waals surface area contributed by atoms with Crippen molar-refractivity contribution >= 4 is 29.7 Å². The number of carbonyl (C=O) groups excluding carboxylic acids is 1. The van der Waals surface area contributed by atoms with Crippen LogP contribution < -0.4 is 27.0 Å². The maximum absolute atomic E-state index is 12.6. The molecule has 1 aliphatic carbocycles. The van der Waals surface area contributed by atoms with Gasteiger partial charge in [-0.2, -0.15) is 9.97 Å². The lowest BCUT2D eigenvalue weighted by Gasteiger charge is -2.33. The Balaban J connectivity index is 1.20. The van der Waals surface area contributed by atoms with Crippen LogP contribution in [-0.4, -0.2) is 92.8 Å². The Hall–Kier alpha value is -3.88. The molecule has 0 spiro atoms. The third kappa shape index (κ3) is 12.3. The molecule has 48 heavy (non-hydrogen) atoms. The number of aryl methyl sites for hydroxylation is 2. The van der Waals surface area contributed by atoms with Gasteiger partial charge in [0.1, 0.15) is 11.9 Å². The van der Waals surface area contributed by atoms with Gasteiger partial charge in [-0.15, -0.1) is 0 Å². The van der Waals surface area contributed by atoms with Crippen molar-refractivity contribution in [3.63, 3.8) is 0 Å². The SMILES string of the molecule is C=C/C=C\c1c(C)nc(NCc2noc(CCCNCCCNC3CCCCC3)n2)nc1NC1CCN(C(=O)CC[C@H](N)C(=O)O)CC1. The summed E-state index contributed by atoms with van der Waals surface area (Å²) >= 11 is 0. The molecule has 1 aliphatic heterocycles. The molecule has 0 aromatic carbocycles. The van der Waals surface area contributed by atoms with Crippen LogP contribution in [0.4, 0.5) is 11.8 Å². The number of amides is 1. The molecule has 14 nitrogen and oxygen atoms in total. The molecule has 2 aromatic heterocycles. The number of hydrogen-bond acceptors (Lipinski definition) is 12. The molecule has 2 fully saturated rings. The lowest BCUT2D eigenvalue weighted by molar-refractivity contribution is -0.139. The Bertz CT molecular complexity index is 1340. The highest BCUT2D eigenvalue weighted by Crippen LogP contribution is 2.24. The number of piperidine rings is 1. The number of allylic oxidation sites excluding steroid dienone is 2. The van der Waals surface area contributed by atoms with Gasteiger partial charge in [-0.05, 0) is 77.6 Å². The number of nitrogens with zero attached hydrogens (tertiary/aromatic N) is 5.